The molecule has 0 radical (unpaired) electrons. The number of ether oxygens (including phenoxy) is 1. The van der Waals surface area contributed by atoms with E-state index in [1.54, 1.807) is 36.2 Å². The maximum Gasteiger partial charge on any atom is 0.227 e. The highest BCUT2D eigenvalue weighted by Gasteiger charge is 2.34. The Morgan fingerprint density at radius 1 is 1.19 bits per heavy atom. The van der Waals surface area contributed by atoms with Crippen LogP contribution in [0.1, 0.15) is 12.0 Å². The highest BCUT2D eigenvalue weighted by Crippen LogP contribution is 2.27. The van der Waals surface area contributed by atoms with Crippen LogP contribution in [0.4, 0.5) is 14.5 Å². The van der Waals surface area contributed by atoms with Crippen molar-refractivity contribution in [2.45, 2.75) is 13.0 Å². The molecule has 7 heteroatoms. The Balaban J connectivity index is 1.62. The van der Waals surface area contributed by atoms with Gasteiger partial charge in [0.2, 0.25) is 11.8 Å². The molecular formula is C19H18F2N2O3. The molecule has 0 unspecified atom stereocenters. The minimum Gasteiger partial charge on any atom is -0.489 e. The van der Waals surface area contributed by atoms with Crippen LogP contribution >= 0.6 is 0 Å². The molecule has 1 saturated heterocycles. The zero-order valence-electron chi connectivity index (χ0n) is 14.2. The molecule has 1 fully saturated rings. The van der Waals surface area contributed by atoms with Gasteiger partial charge in [-0.25, -0.2) is 8.78 Å². The van der Waals surface area contributed by atoms with E-state index < -0.39 is 11.6 Å². The Morgan fingerprint density at radius 2 is 1.92 bits per heavy atom. The maximum absolute atomic E-state index is 13.2. The van der Waals surface area contributed by atoms with Crippen LogP contribution < -0.4 is 15.0 Å². The molecule has 2 amide bonds. The average Bonchev–Trinajstić information content (AvgIpc) is 3.04. The fourth-order valence-corrected chi connectivity index (χ4v) is 2.86. The van der Waals surface area contributed by atoms with Gasteiger partial charge in [0.25, 0.3) is 0 Å². The van der Waals surface area contributed by atoms with Gasteiger partial charge in [-0.05, 0) is 42.0 Å². The minimum atomic E-state index is -0.917. The van der Waals surface area contributed by atoms with Gasteiger partial charge in [0.15, 0.2) is 11.6 Å². The van der Waals surface area contributed by atoms with Crippen LogP contribution in [-0.2, 0) is 16.2 Å². The van der Waals surface area contributed by atoms with Crippen molar-refractivity contribution < 1.29 is 23.1 Å². The lowest BCUT2D eigenvalue weighted by Gasteiger charge is -2.17. The summed E-state index contributed by atoms with van der Waals surface area (Å²) < 4.78 is 31.6. The van der Waals surface area contributed by atoms with E-state index in [0.29, 0.717) is 23.5 Å². The van der Waals surface area contributed by atoms with Gasteiger partial charge >= 0.3 is 0 Å². The van der Waals surface area contributed by atoms with Crippen LogP contribution in [0.15, 0.2) is 42.5 Å². The molecule has 0 aliphatic carbocycles. The Bertz CT molecular complexity index is 824. The van der Waals surface area contributed by atoms with Crippen molar-refractivity contribution in [1.82, 2.24) is 5.32 Å². The van der Waals surface area contributed by atoms with E-state index in [-0.39, 0.29) is 30.8 Å². The first-order valence-corrected chi connectivity index (χ1v) is 8.16. The highest BCUT2D eigenvalue weighted by molar-refractivity contribution is 6.00. The summed E-state index contributed by atoms with van der Waals surface area (Å²) >= 11 is 0. The number of carbonyl (C=O) groups excluding carboxylic acids is 2. The third-order valence-electron chi connectivity index (χ3n) is 4.28. The number of nitrogens with zero attached hydrogens (tertiary/aromatic N) is 1. The SMILES string of the molecule is CNC(=O)[C@H]1CC(=O)N(c2ccc(OCc3ccc(F)c(F)c3)cc2)C1. The number of hydrogen-bond acceptors (Lipinski definition) is 3. The quantitative estimate of drug-likeness (QED) is 0.892. The summed E-state index contributed by atoms with van der Waals surface area (Å²) in [7, 11) is 1.55. The van der Waals surface area contributed by atoms with Gasteiger partial charge in [0, 0.05) is 25.7 Å². The molecule has 5 nitrogen and oxygen atoms in total. The standard InChI is InChI=1S/C19H18F2N2O3/c1-22-19(25)13-9-18(24)23(10-13)14-3-5-15(6-4-14)26-11-12-2-7-16(20)17(21)8-12/h2-8,13H,9-11H2,1H3,(H,22,25)/t13-/m0/s1. The molecule has 1 N–H and O–H groups in total. The minimum absolute atomic E-state index is 0.0952. The van der Waals surface area contributed by atoms with Crippen LogP contribution in [0.3, 0.4) is 0 Å². The smallest absolute Gasteiger partial charge is 0.227 e. The first-order chi connectivity index (χ1) is 12.5. The third kappa shape index (κ3) is 3.82. The van der Waals surface area contributed by atoms with E-state index >= 15 is 0 Å². The van der Waals surface area contributed by atoms with Gasteiger partial charge in [-0.2, -0.15) is 0 Å². The number of anilines is 1. The summed E-state index contributed by atoms with van der Waals surface area (Å²) in [5, 5.41) is 2.56. The molecular weight excluding hydrogens is 342 g/mol. The summed E-state index contributed by atoms with van der Waals surface area (Å²) in [5.74, 6) is -1.88. The number of hydrogen-bond donors (Lipinski definition) is 1. The Labute approximate surface area is 149 Å². The number of rotatable bonds is 5. The number of amides is 2. The van der Waals surface area contributed by atoms with Gasteiger partial charge in [0.1, 0.15) is 12.4 Å². The first-order valence-electron chi connectivity index (χ1n) is 8.16. The molecule has 1 heterocycles. The second-order valence-electron chi connectivity index (χ2n) is 6.05. The van der Waals surface area contributed by atoms with Crippen molar-refractivity contribution in [3.63, 3.8) is 0 Å². The number of halogens is 2. The van der Waals surface area contributed by atoms with Gasteiger partial charge in [-0.1, -0.05) is 6.07 Å². The van der Waals surface area contributed by atoms with Crippen LogP contribution in [0.25, 0.3) is 0 Å². The van der Waals surface area contributed by atoms with E-state index in [4.69, 9.17) is 4.74 Å². The van der Waals surface area contributed by atoms with E-state index in [1.165, 1.54) is 6.07 Å². The van der Waals surface area contributed by atoms with E-state index in [1.807, 2.05) is 0 Å². The van der Waals surface area contributed by atoms with Crippen molar-refractivity contribution >= 4 is 17.5 Å². The summed E-state index contributed by atoms with van der Waals surface area (Å²) in [6, 6.07) is 10.4. The Kier molecular flexibility index (Phi) is 5.16. The number of benzene rings is 2. The Morgan fingerprint density at radius 3 is 2.58 bits per heavy atom. The molecule has 1 atom stereocenters. The highest BCUT2D eigenvalue weighted by atomic mass is 19.2. The first kappa shape index (κ1) is 17.8. The van der Waals surface area contributed by atoms with Gasteiger partial charge in [-0.15, -0.1) is 0 Å². The normalized spacial score (nSPS) is 16.7. The lowest BCUT2D eigenvalue weighted by Crippen LogP contribution is -2.30. The lowest BCUT2D eigenvalue weighted by atomic mass is 10.1. The molecule has 0 bridgehead atoms. The van der Waals surface area contributed by atoms with Crippen LogP contribution in [0.5, 0.6) is 5.75 Å². The molecule has 0 aromatic heterocycles. The average molecular weight is 360 g/mol. The number of nitrogens with one attached hydrogen (secondary N) is 1. The lowest BCUT2D eigenvalue weighted by molar-refractivity contribution is -0.125. The molecule has 1 aliphatic heterocycles. The fraction of sp³-hybridized carbons (Fsp3) is 0.263. The summed E-state index contributed by atoms with van der Waals surface area (Å²) in [5.41, 5.74) is 1.19. The molecule has 1 aliphatic rings. The topological polar surface area (TPSA) is 58.6 Å². The van der Waals surface area contributed by atoms with Crippen molar-refractivity contribution in [3.8, 4) is 5.75 Å². The van der Waals surface area contributed by atoms with Gasteiger partial charge in [0.05, 0.1) is 5.92 Å². The zero-order chi connectivity index (χ0) is 18.7. The molecule has 0 saturated carbocycles. The van der Waals surface area contributed by atoms with Crippen molar-refractivity contribution in [2.75, 3.05) is 18.5 Å². The second-order valence-corrected chi connectivity index (χ2v) is 6.05. The third-order valence-corrected chi connectivity index (χ3v) is 4.28. The Hall–Kier alpha value is -2.96. The van der Waals surface area contributed by atoms with E-state index in [9.17, 15) is 18.4 Å². The van der Waals surface area contributed by atoms with Crippen LogP contribution in [0, 0.1) is 17.6 Å². The molecule has 136 valence electrons. The van der Waals surface area contributed by atoms with Gasteiger partial charge in [-0.3, -0.25) is 9.59 Å². The molecule has 2 aromatic carbocycles. The van der Waals surface area contributed by atoms with Crippen molar-refractivity contribution in [1.29, 1.82) is 0 Å². The fourth-order valence-electron chi connectivity index (χ4n) is 2.86. The summed E-state index contributed by atoms with van der Waals surface area (Å²) in [4.78, 5) is 25.4. The van der Waals surface area contributed by atoms with Crippen molar-refractivity contribution in [3.05, 3.63) is 59.7 Å². The second kappa shape index (κ2) is 7.51. The van der Waals surface area contributed by atoms with Gasteiger partial charge < -0.3 is 15.0 Å². The molecule has 26 heavy (non-hydrogen) atoms. The van der Waals surface area contributed by atoms with E-state index in [0.717, 1.165) is 12.1 Å². The summed E-state index contributed by atoms with van der Waals surface area (Å²) in [6.45, 7) is 0.436. The number of carbonyl (C=O) groups is 2. The molecule has 2 aromatic rings. The van der Waals surface area contributed by atoms with E-state index in [2.05, 4.69) is 5.32 Å². The molecule has 3 rings (SSSR count). The van der Waals surface area contributed by atoms with Crippen LogP contribution in [-0.4, -0.2) is 25.4 Å². The van der Waals surface area contributed by atoms with Crippen LogP contribution in [0.2, 0.25) is 0 Å². The molecule has 0 spiro atoms. The monoisotopic (exact) mass is 360 g/mol. The predicted octanol–water partition coefficient (Wildman–Crippen LogP) is 2.64. The zero-order valence-corrected chi connectivity index (χ0v) is 14.2. The largest absolute Gasteiger partial charge is 0.489 e. The maximum atomic E-state index is 13.2. The predicted molar refractivity (Wildman–Crippen MR) is 91.7 cm³/mol. The summed E-state index contributed by atoms with van der Waals surface area (Å²) in [6.07, 6.45) is 0.189. The van der Waals surface area contributed by atoms with Crippen molar-refractivity contribution in [2.24, 2.45) is 5.92 Å².